The highest BCUT2D eigenvalue weighted by Gasteiger charge is 2.27. The molecular weight excluding hydrogens is 422 g/mol. The molecule has 1 saturated carbocycles. The average Bonchev–Trinajstić information content (AvgIpc) is 3.52. The predicted octanol–water partition coefficient (Wildman–Crippen LogP) is 4.12. The molecule has 1 N–H and O–H groups in total. The van der Waals surface area contributed by atoms with Crippen LogP contribution in [0.5, 0.6) is 5.75 Å². The minimum atomic E-state index is -0.420. The Kier molecular flexibility index (Phi) is 5.75. The Balaban J connectivity index is 1.88. The van der Waals surface area contributed by atoms with E-state index in [4.69, 9.17) is 21.3 Å². The number of halogens is 1. The molecule has 3 aromatic rings. The summed E-state index contributed by atoms with van der Waals surface area (Å²) in [5, 5.41) is 3.94. The molecule has 1 unspecified atom stereocenters. The van der Waals surface area contributed by atoms with E-state index in [9.17, 15) is 9.59 Å². The molecule has 8 heteroatoms. The summed E-state index contributed by atoms with van der Waals surface area (Å²) in [5.41, 5.74) is 1.82. The first kappa shape index (κ1) is 20.8. The van der Waals surface area contributed by atoms with Gasteiger partial charge in [-0.15, -0.1) is 0 Å². The van der Waals surface area contributed by atoms with E-state index in [1.165, 1.54) is 16.3 Å². The van der Waals surface area contributed by atoms with Crippen LogP contribution in [-0.4, -0.2) is 33.9 Å². The highest BCUT2D eigenvalue weighted by atomic mass is 35.5. The van der Waals surface area contributed by atoms with Gasteiger partial charge in [0, 0.05) is 11.1 Å². The van der Waals surface area contributed by atoms with Crippen LogP contribution in [0, 0.1) is 6.92 Å². The molecule has 1 aliphatic carbocycles. The smallest absolute Gasteiger partial charge is 0.266 e. The van der Waals surface area contributed by atoms with E-state index in [0.29, 0.717) is 32.5 Å². The first-order chi connectivity index (χ1) is 14.4. The summed E-state index contributed by atoms with van der Waals surface area (Å²) in [7, 11) is 1.56. The summed E-state index contributed by atoms with van der Waals surface area (Å²) in [6, 6.07) is 10.9. The number of methoxy groups -OCH3 is 1. The normalized spacial score (nSPS) is 14.5. The lowest BCUT2D eigenvalue weighted by Crippen LogP contribution is -2.33. The van der Waals surface area contributed by atoms with E-state index < -0.39 is 5.25 Å². The second kappa shape index (κ2) is 8.32. The van der Waals surface area contributed by atoms with Gasteiger partial charge < -0.3 is 10.1 Å². The molecule has 1 heterocycles. The van der Waals surface area contributed by atoms with E-state index in [-0.39, 0.29) is 17.5 Å². The van der Waals surface area contributed by atoms with Crippen molar-refractivity contribution >= 4 is 40.2 Å². The highest BCUT2D eigenvalue weighted by molar-refractivity contribution is 8.00. The third-order valence-electron chi connectivity index (χ3n) is 4.95. The van der Waals surface area contributed by atoms with Crippen LogP contribution in [0.25, 0.3) is 16.6 Å². The van der Waals surface area contributed by atoms with Gasteiger partial charge in [0.1, 0.15) is 5.75 Å². The Morgan fingerprint density at radius 2 is 2.07 bits per heavy atom. The van der Waals surface area contributed by atoms with Crippen LogP contribution in [0.15, 0.2) is 46.3 Å². The minimum absolute atomic E-state index is 0.0642. The molecule has 1 atom stereocenters. The molecule has 1 aromatic heterocycles. The predicted molar refractivity (Wildman–Crippen MR) is 120 cm³/mol. The number of benzene rings is 2. The van der Waals surface area contributed by atoms with Crippen LogP contribution in [0.4, 0.5) is 0 Å². The lowest BCUT2D eigenvalue weighted by atomic mass is 10.2. The van der Waals surface area contributed by atoms with E-state index in [1.807, 2.05) is 32.0 Å². The Morgan fingerprint density at radius 3 is 2.77 bits per heavy atom. The number of rotatable bonds is 6. The number of thioether (sulfide) groups is 1. The maximum atomic E-state index is 13.5. The van der Waals surface area contributed by atoms with Crippen molar-refractivity contribution in [2.45, 2.75) is 43.1 Å². The summed E-state index contributed by atoms with van der Waals surface area (Å²) in [6.07, 6.45) is 2.03. The second-order valence-corrected chi connectivity index (χ2v) is 9.16. The van der Waals surface area contributed by atoms with Crippen molar-refractivity contribution in [3.63, 3.8) is 0 Å². The zero-order chi connectivity index (χ0) is 21.4. The molecule has 0 saturated heterocycles. The number of hydrogen-bond donors (Lipinski definition) is 1. The monoisotopic (exact) mass is 443 g/mol. The van der Waals surface area contributed by atoms with Crippen LogP contribution in [0.1, 0.15) is 25.3 Å². The number of amides is 1. The molecule has 1 amide bonds. The maximum Gasteiger partial charge on any atom is 0.266 e. The standard InChI is InChI=1S/C22H22ClN3O3S/c1-12-4-9-19(29-3)18(10-12)26-21(28)16-8-5-14(23)11-17(16)25-22(26)30-13(2)20(27)24-15-6-7-15/h4-5,8-11,13,15H,6-7H2,1-3H3,(H,24,27). The fraction of sp³-hybridized carbons (Fsp3) is 0.318. The second-order valence-electron chi connectivity index (χ2n) is 7.41. The highest BCUT2D eigenvalue weighted by Crippen LogP contribution is 2.31. The van der Waals surface area contributed by atoms with Gasteiger partial charge >= 0.3 is 0 Å². The summed E-state index contributed by atoms with van der Waals surface area (Å²) in [6.45, 7) is 3.76. The Bertz CT molecular complexity index is 1190. The maximum absolute atomic E-state index is 13.5. The average molecular weight is 444 g/mol. The number of fused-ring (bicyclic) bond motifs is 1. The fourth-order valence-electron chi connectivity index (χ4n) is 3.16. The Morgan fingerprint density at radius 1 is 1.30 bits per heavy atom. The summed E-state index contributed by atoms with van der Waals surface area (Å²) >= 11 is 7.37. The van der Waals surface area contributed by atoms with Gasteiger partial charge in [-0.1, -0.05) is 29.4 Å². The van der Waals surface area contributed by atoms with Gasteiger partial charge in [-0.3, -0.25) is 14.2 Å². The number of ether oxygens (including phenoxy) is 1. The van der Waals surface area contributed by atoms with Crippen molar-refractivity contribution < 1.29 is 9.53 Å². The zero-order valence-electron chi connectivity index (χ0n) is 16.9. The number of carbonyl (C=O) groups is 1. The molecule has 1 aliphatic rings. The van der Waals surface area contributed by atoms with E-state index in [2.05, 4.69) is 5.32 Å². The van der Waals surface area contributed by atoms with Gasteiger partial charge in [0.05, 0.1) is 29.0 Å². The van der Waals surface area contributed by atoms with E-state index >= 15 is 0 Å². The molecule has 6 nitrogen and oxygen atoms in total. The SMILES string of the molecule is COc1ccc(C)cc1-n1c(SC(C)C(=O)NC2CC2)nc2cc(Cl)ccc2c1=O. The number of nitrogens with zero attached hydrogens (tertiary/aromatic N) is 2. The topological polar surface area (TPSA) is 73.2 Å². The number of aryl methyl sites for hydroxylation is 1. The lowest BCUT2D eigenvalue weighted by molar-refractivity contribution is -0.120. The van der Waals surface area contributed by atoms with Crippen LogP contribution < -0.4 is 15.6 Å². The first-order valence-corrected chi connectivity index (χ1v) is 11.0. The molecule has 2 aromatic carbocycles. The van der Waals surface area contributed by atoms with E-state index in [1.54, 1.807) is 25.3 Å². The Hall–Kier alpha value is -2.51. The number of carbonyl (C=O) groups excluding carboxylic acids is 1. The van der Waals surface area contributed by atoms with Gasteiger partial charge in [0.25, 0.3) is 5.56 Å². The summed E-state index contributed by atoms with van der Waals surface area (Å²) in [4.78, 5) is 30.7. The van der Waals surface area contributed by atoms with Gasteiger partial charge in [0.2, 0.25) is 5.91 Å². The van der Waals surface area contributed by atoms with Crippen molar-refractivity contribution in [1.29, 1.82) is 0 Å². The molecule has 156 valence electrons. The molecule has 0 bridgehead atoms. The van der Waals surface area contributed by atoms with Crippen molar-refractivity contribution in [3.8, 4) is 11.4 Å². The van der Waals surface area contributed by atoms with Crippen molar-refractivity contribution in [1.82, 2.24) is 14.9 Å². The third kappa shape index (κ3) is 4.18. The lowest BCUT2D eigenvalue weighted by Gasteiger charge is -2.18. The van der Waals surface area contributed by atoms with Gasteiger partial charge in [0.15, 0.2) is 5.16 Å². The molecule has 1 fully saturated rings. The summed E-state index contributed by atoms with van der Waals surface area (Å²) < 4.78 is 7.03. The third-order valence-corrected chi connectivity index (χ3v) is 6.24. The number of nitrogens with one attached hydrogen (secondary N) is 1. The minimum Gasteiger partial charge on any atom is -0.495 e. The van der Waals surface area contributed by atoms with Crippen LogP contribution in [0.2, 0.25) is 5.02 Å². The number of aromatic nitrogens is 2. The van der Waals surface area contributed by atoms with Crippen LogP contribution in [0.3, 0.4) is 0 Å². The van der Waals surface area contributed by atoms with Crippen molar-refractivity contribution in [3.05, 3.63) is 57.3 Å². The van der Waals surface area contributed by atoms with Gasteiger partial charge in [-0.2, -0.15) is 0 Å². The fourth-order valence-corrected chi connectivity index (χ4v) is 4.26. The molecule has 30 heavy (non-hydrogen) atoms. The number of hydrogen-bond acceptors (Lipinski definition) is 5. The molecular formula is C22H22ClN3O3S. The Labute approximate surface area is 183 Å². The largest absolute Gasteiger partial charge is 0.495 e. The van der Waals surface area contributed by atoms with Crippen molar-refractivity contribution in [2.75, 3.05) is 7.11 Å². The molecule has 4 rings (SSSR count). The van der Waals surface area contributed by atoms with Crippen LogP contribution in [-0.2, 0) is 4.79 Å². The van der Waals surface area contributed by atoms with Gasteiger partial charge in [-0.25, -0.2) is 4.98 Å². The van der Waals surface area contributed by atoms with Crippen LogP contribution >= 0.6 is 23.4 Å². The first-order valence-electron chi connectivity index (χ1n) is 9.71. The molecule has 0 aliphatic heterocycles. The van der Waals surface area contributed by atoms with Gasteiger partial charge in [-0.05, 0) is 62.6 Å². The zero-order valence-corrected chi connectivity index (χ0v) is 18.5. The van der Waals surface area contributed by atoms with Crippen molar-refractivity contribution in [2.24, 2.45) is 0 Å². The van der Waals surface area contributed by atoms with E-state index in [0.717, 1.165) is 18.4 Å². The molecule has 0 radical (unpaired) electrons. The quantitative estimate of drug-likeness (QED) is 0.458. The summed E-state index contributed by atoms with van der Waals surface area (Å²) in [5.74, 6) is 0.487. The molecule has 0 spiro atoms.